The van der Waals surface area contributed by atoms with Gasteiger partial charge in [-0.1, -0.05) is 31.4 Å². The summed E-state index contributed by atoms with van der Waals surface area (Å²) in [5, 5.41) is 8.95. The molecule has 3 heteroatoms. The molecule has 102 valence electrons. The summed E-state index contributed by atoms with van der Waals surface area (Å²) in [4.78, 5) is 13.3. The predicted molar refractivity (Wildman–Crippen MR) is 76.7 cm³/mol. The highest BCUT2D eigenvalue weighted by molar-refractivity contribution is 5.90. The smallest absolute Gasteiger partial charge is 0.335 e. The van der Waals surface area contributed by atoms with Gasteiger partial charge in [-0.15, -0.1) is 0 Å². The number of carboxylic acid groups (broad SMARTS) is 1. The van der Waals surface area contributed by atoms with Crippen LogP contribution in [-0.4, -0.2) is 29.1 Å². The first-order chi connectivity index (χ1) is 9.27. The zero-order chi connectivity index (χ0) is 13.5. The fourth-order valence-corrected chi connectivity index (χ4v) is 2.47. The van der Waals surface area contributed by atoms with Gasteiger partial charge >= 0.3 is 5.97 Å². The van der Waals surface area contributed by atoms with Gasteiger partial charge in [0.15, 0.2) is 0 Å². The van der Waals surface area contributed by atoms with Gasteiger partial charge < -0.3 is 10.0 Å². The molecule has 19 heavy (non-hydrogen) atoms. The molecule has 0 spiro atoms. The molecule has 1 N–H and O–H groups in total. The summed E-state index contributed by atoms with van der Waals surface area (Å²) < 4.78 is 0. The minimum atomic E-state index is -0.885. The van der Waals surface area contributed by atoms with Gasteiger partial charge in [0.1, 0.15) is 0 Å². The van der Waals surface area contributed by atoms with Crippen molar-refractivity contribution in [1.82, 2.24) is 4.90 Å². The van der Waals surface area contributed by atoms with Crippen molar-refractivity contribution in [3.63, 3.8) is 0 Å². The first-order valence-electron chi connectivity index (χ1n) is 7.02. The van der Waals surface area contributed by atoms with Gasteiger partial charge in [-0.05, 0) is 37.1 Å². The van der Waals surface area contributed by atoms with Crippen LogP contribution in [0.1, 0.15) is 32.1 Å². The van der Waals surface area contributed by atoms with Gasteiger partial charge in [-0.3, -0.25) is 0 Å². The summed E-state index contributed by atoms with van der Waals surface area (Å²) in [5.74, 6) is -0.885. The summed E-state index contributed by atoms with van der Waals surface area (Å²) in [6, 6.07) is 0. The van der Waals surface area contributed by atoms with E-state index in [-0.39, 0.29) is 0 Å². The lowest BCUT2D eigenvalue weighted by atomic mass is 10.1. The van der Waals surface area contributed by atoms with Gasteiger partial charge in [0.25, 0.3) is 0 Å². The Morgan fingerprint density at radius 1 is 0.947 bits per heavy atom. The molecule has 0 saturated carbocycles. The minimum absolute atomic E-state index is 0.319. The van der Waals surface area contributed by atoms with Crippen molar-refractivity contribution in [1.29, 1.82) is 0 Å². The molecular formula is C16H21NO2. The molecule has 1 heterocycles. The van der Waals surface area contributed by atoms with Crippen molar-refractivity contribution in [2.75, 3.05) is 13.1 Å². The van der Waals surface area contributed by atoms with E-state index in [1.807, 2.05) is 24.3 Å². The second-order valence-corrected chi connectivity index (χ2v) is 4.99. The van der Waals surface area contributed by atoms with Gasteiger partial charge in [0, 0.05) is 18.8 Å². The number of nitrogens with zero attached hydrogens (tertiary/aromatic N) is 1. The van der Waals surface area contributed by atoms with Crippen LogP contribution in [0, 0.1) is 0 Å². The molecule has 2 aliphatic rings. The van der Waals surface area contributed by atoms with E-state index >= 15 is 0 Å². The second kappa shape index (κ2) is 6.98. The molecule has 2 rings (SSSR count). The van der Waals surface area contributed by atoms with Crippen LogP contribution in [0.5, 0.6) is 0 Å². The van der Waals surface area contributed by atoms with E-state index in [1.165, 1.54) is 37.8 Å². The Morgan fingerprint density at radius 3 is 2.26 bits per heavy atom. The number of hydrogen-bond acceptors (Lipinski definition) is 2. The van der Waals surface area contributed by atoms with Crippen molar-refractivity contribution in [2.24, 2.45) is 0 Å². The third-order valence-electron chi connectivity index (χ3n) is 3.55. The molecule has 0 aromatic carbocycles. The van der Waals surface area contributed by atoms with Crippen LogP contribution < -0.4 is 0 Å². The second-order valence-electron chi connectivity index (χ2n) is 4.99. The first kappa shape index (κ1) is 13.7. The third kappa shape index (κ3) is 4.12. The van der Waals surface area contributed by atoms with Crippen molar-refractivity contribution in [3.8, 4) is 0 Å². The highest BCUT2D eigenvalue weighted by Crippen LogP contribution is 2.17. The average molecular weight is 259 g/mol. The fraction of sp³-hybridized carbons (Fsp3) is 0.438. The van der Waals surface area contributed by atoms with Gasteiger partial charge in [-0.25, -0.2) is 4.79 Å². The number of aliphatic carboxylic acids is 1. The number of allylic oxidation sites excluding steroid dienone is 5. The van der Waals surface area contributed by atoms with Gasteiger partial charge in [-0.2, -0.15) is 0 Å². The Bertz CT molecular complexity index is 436. The van der Waals surface area contributed by atoms with E-state index < -0.39 is 5.97 Å². The average Bonchev–Trinajstić information content (AvgIpc) is 2.29. The van der Waals surface area contributed by atoms with Crippen molar-refractivity contribution >= 4 is 5.97 Å². The molecule has 0 atom stereocenters. The SMILES string of the molecule is O=C(O)C1=C/C=C\C(N2CCCCCCC2)=C/C=C\1. The molecule has 0 unspecified atom stereocenters. The van der Waals surface area contributed by atoms with Crippen molar-refractivity contribution < 1.29 is 9.90 Å². The van der Waals surface area contributed by atoms with Crippen LogP contribution >= 0.6 is 0 Å². The molecule has 1 fully saturated rings. The van der Waals surface area contributed by atoms with E-state index in [0.717, 1.165) is 13.1 Å². The monoisotopic (exact) mass is 259 g/mol. The molecule has 0 radical (unpaired) electrons. The predicted octanol–water partition coefficient (Wildman–Crippen LogP) is 3.27. The Labute approximate surface area is 114 Å². The summed E-state index contributed by atoms with van der Waals surface area (Å²) in [7, 11) is 0. The number of rotatable bonds is 2. The van der Waals surface area contributed by atoms with E-state index in [2.05, 4.69) is 4.90 Å². The number of carbonyl (C=O) groups is 1. The lowest BCUT2D eigenvalue weighted by Gasteiger charge is -2.27. The first-order valence-corrected chi connectivity index (χ1v) is 7.02. The maximum Gasteiger partial charge on any atom is 0.335 e. The standard InChI is InChI=1S/C16H21NO2/c18-16(19)14-8-6-10-15(11-7-9-14)17-12-4-2-1-3-5-13-17/h6-11H,1-5,12-13H2,(H,18,19)/b8-6-,9-7?,10-6?,11-7-,14-8?,14-9+,15-10+,15-11?. The maximum atomic E-state index is 10.9. The van der Waals surface area contributed by atoms with Crippen LogP contribution in [0.3, 0.4) is 0 Å². The highest BCUT2D eigenvalue weighted by atomic mass is 16.4. The molecule has 1 aliphatic carbocycles. The summed E-state index contributed by atoms with van der Waals surface area (Å²) >= 11 is 0. The molecular weight excluding hydrogens is 238 g/mol. The van der Waals surface area contributed by atoms with E-state index in [9.17, 15) is 4.79 Å². The maximum absolute atomic E-state index is 10.9. The number of carboxylic acids is 1. The lowest BCUT2D eigenvalue weighted by molar-refractivity contribution is -0.132. The van der Waals surface area contributed by atoms with Gasteiger partial charge in [0.05, 0.1) is 5.57 Å². The molecule has 0 aromatic heterocycles. The van der Waals surface area contributed by atoms with Crippen molar-refractivity contribution in [3.05, 3.63) is 47.7 Å². The van der Waals surface area contributed by atoms with Gasteiger partial charge in [0.2, 0.25) is 0 Å². The summed E-state index contributed by atoms with van der Waals surface area (Å²) in [6.45, 7) is 2.19. The minimum Gasteiger partial charge on any atom is -0.478 e. The van der Waals surface area contributed by atoms with Crippen LogP contribution in [0.15, 0.2) is 47.7 Å². The van der Waals surface area contributed by atoms with E-state index in [4.69, 9.17) is 5.11 Å². The normalized spacial score (nSPS) is 29.6. The van der Waals surface area contributed by atoms with Crippen LogP contribution in [0.4, 0.5) is 0 Å². The lowest BCUT2D eigenvalue weighted by Crippen LogP contribution is -2.26. The van der Waals surface area contributed by atoms with Crippen molar-refractivity contribution in [2.45, 2.75) is 32.1 Å². The quantitative estimate of drug-likeness (QED) is 0.827. The molecule has 0 amide bonds. The molecule has 1 aliphatic heterocycles. The van der Waals surface area contributed by atoms with Crippen LogP contribution in [-0.2, 0) is 4.79 Å². The molecule has 3 nitrogen and oxygen atoms in total. The fourth-order valence-electron chi connectivity index (χ4n) is 2.47. The van der Waals surface area contributed by atoms with E-state index in [0.29, 0.717) is 5.57 Å². The Hall–Kier alpha value is -1.77. The number of likely N-dealkylation sites (tertiary alicyclic amines) is 1. The Morgan fingerprint density at radius 2 is 1.58 bits per heavy atom. The van der Waals surface area contributed by atoms with Crippen LogP contribution in [0.2, 0.25) is 0 Å². The third-order valence-corrected chi connectivity index (χ3v) is 3.55. The highest BCUT2D eigenvalue weighted by Gasteiger charge is 2.10. The summed E-state index contributed by atoms with van der Waals surface area (Å²) in [6.07, 6.45) is 17.4. The number of hydrogen-bond donors (Lipinski definition) is 1. The Balaban J connectivity index is 2.06. The van der Waals surface area contributed by atoms with E-state index in [1.54, 1.807) is 12.2 Å². The van der Waals surface area contributed by atoms with Crippen LogP contribution in [0.25, 0.3) is 0 Å². The molecule has 0 bridgehead atoms. The topological polar surface area (TPSA) is 40.5 Å². The Kier molecular flexibility index (Phi) is 5.01. The molecule has 1 saturated heterocycles. The molecule has 0 aromatic rings. The largest absolute Gasteiger partial charge is 0.478 e. The zero-order valence-electron chi connectivity index (χ0n) is 11.2. The summed E-state index contributed by atoms with van der Waals surface area (Å²) in [5.41, 5.74) is 1.50. The zero-order valence-corrected chi connectivity index (χ0v) is 11.2.